The topological polar surface area (TPSA) is 23.5 Å². The molecule has 1 saturated heterocycles. The number of likely N-dealkylation sites (tertiary alicyclic amines) is 1. The summed E-state index contributed by atoms with van der Waals surface area (Å²) in [7, 11) is 0. The van der Waals surface area contributed by atoms with Gasteiger partial charge in [0.1, 0.15) is 0 Å². The average Bonchev–Trinajstić information content (AvgIpc) is 2.41. The number of aliphatic hydroxyl groups excluding tert-OH is 1. The number of rotatable bonds is 5. The van der Waals surface area contributed by atoms with E-state index < -0.39 is 0 Å². The third-order valence-corrected chi connectivity index (χ3v) is 3.20. The predicted molar refractivity (Wildman–Crippen MR) is 55.7 cm³/mol. The van der Waals surface area contributed by atoms with E-state index in [2.05, 4.69) is 18.7 Å². The van der Waals surface area contributed by atoms with Gasteiger partial charge in [0.15, 0.2) is 0 Å². The van der Waals surface area contributed by atoms with Crippen molar-refractivity contribution in [3.63, 3.8) is 0 Å². The van der Waals surface area contributed by atoms with Crippen molar-refractivity contribution in [3.05, 3.63) is 0 Å². The zero-order valence-corrected chi connectivity index (χ0v) is 9.00. The van der Waals surface area contributed by atoms with Gasteiger partial charge in [0.05, 0.1) is 0 Å². The van der Waals surface area contributed by atoms with Crippen molar-refractivity contribution in [2.24, 2.45) is 11.8 Å². The maximum absolute atomic E-state index is 8.63. The molecule has 0 radical (unpaired) electrons. The summed E-state index contributed by atoms with van der Waals surface area (Å²) in [6.07, 6.45) is 3.40. The Labute approximate surface area is 81.9 Å². The SMILES string of the molecule is CC1CN(CCCCCO)CC1C. The number of hydrogen-bond donors (Lipinski definition) is 1. The van der Waals surface area contributed by atoms with Crippen LogP contribution in [-0.2, 0) is 0 Å². The highest BCUT2D eigenvalue weighted by atomic mass is 16.2. The Kier molecular flexibility index (Phi) is 4.74. The molecule has 2 nitrogen and oxygen atoms in total. The van der Waals surface area contributed by atoms with Crippen LogP contribution in [0.25, 0.3) is 0 Å². The molecule has 13 heavy (non-hydrogen) atoms. The minimum Gasteiger partial charge on any atom is -0.396 e. The molecule has 0 saturated carbocycles. The second-order valence-corrected chi connectivity index (χ2v) is 4.50. The molecule has 2 atom stereocenters. The van der Waals surface area contributed by atoms with Crippen LogP contribution in [0.15, 0.2) is 0 Å². The lowest BCUT2D eigenvalue weighted by Crippen LogP contribution is -2.21. The molecule has 1 fully saturated rings. The molecule has 1 N–H and O–H groups in total. The molecule has 0 spiro atoms. The lowest BCUT2D eigenvalue weighted by molar-refractivity contribution is 0.270. The molecule has 1 aliphatic rings. The third kappa shape index (κ3) is 3.65. The van der Waals surface area contributed by atoms with E-state index in [4.69, 9.17) is 5.11 Å². The van der Waals surface area contributed by atoms with E-state index in [9.17, 15) is 0 Å². The quantitative estimate of drug-likeness (QED) is 0.659. The second-order valence-electron chi connectivity index (χ2n) is 4.50. The van der Waals surface area contributed by atoms with E-state index in [0.717, 1.165) is 18.3 Å². The molecule has 0 amide bonds. The Morgan fingerprint density at radius 3 is 2.23 bits per heavy atom. The van der Waals surface area contributed by atoms with Crippen molar-refractivity contribution < 1.29 is 5.11 Å². The molecule has 0 aliphatic carbocycles. The van der Waals surface area contributed by atoms with E-state index in [1.807, 2.05) is 0 Å². The van der Waals surface area contributed by atoms with Gasteiger partial charge in [-0.1, -0.05) is 13.8 Å². The molecule has 1 aliphatic heterocycles. The average molecular weight is 185 g/mol. The standard InChI is InChI=1S/C11H23NO/c1-10-8-12(9-11(10)2)6-4-3-5-7-13/h10-11,13H,3-9H2,1-2H3. The fourth-order valence-corrected chi connectivity index (χ4v) is 2.06. The van der Waals surface area contributed by atoms with Crippen molar-refractivity contribution >= 4 is 0 Å². The van der Waals surface area contributed by atoms with Crippen molar-refractivity contribution in [3.8, 4) is 0 Å². The van der Waals surface area contributed by atoms with Gasteiger partial charge in [0.2, 0.25) is 0 Å². The number of hydrogen-bond acceptors (Lipinski definition) is 2. The van der Waals surface area contributed by atoms with Crippen molar-refractivity contribution in [1.29, 1.82) is 0 Å². The van der Waals surface area contributed by atoms with Gasteiger partial charge >= 0.3 is 0 Å². The van der Waals surface area contributed by atoms with Crippen LogP contribution in [-0.4, -0.2) is 36.2 Å². The summed E-state index contributed by atoms with van der Waals surface area (Å²) in [6, 6.07) is 0. The van der Waals surface area contributed by atoms with Crippen LogP contribution in [0, 0.1) is 11.8 Å². The first-order chi connectivity index (χ1) is 6.24. The minimum absolute atomic E-state index is 0.354. The van der Waals surface area contributed by atoms with Crippen LogP contribution in [0.4, 0.5) is 0 Å². The molecule has 0 bridgehead atoms. The van der Waals surface area contributed by atoms with Gasteiger partial charge in [-0.15, -0.1) is 0 Å². The van der Waals surface area contributed by atoms with E-state index in [1.165, 1.54) is 32.5 Å². The highest BCUT2D eigenvalue weighted by Gasteiger charge is 2.24. The lowest BCUT2D eigenvalue weighted by atomic mass is 10.0. The van der Waals surface area contributed by atoms with Crippen molar-refractivity contribution in [2.45, 2.75) is 33.1 Å². The van der Waals surface area contributed by atoms with Crippen molar-refractivity contribution in [2.75, 3.05) is 26.2 Å². The molecule has 2 heteroatoms. The van der Waals surface area contributed by atoms with Crippen LogP contribution in [0.3, 0.4) is 0 Å². The van der Waals surface area contributed by atoms with E-state index >= 15 is 0 Å². The first kappa shape index (κ1) is 11.0. The first-order valence-electron chi connectivity index (χ1n) is 5.57. The largest absolute Gasteiger partial charge is 0.396 e. The van der Waals surface area contributed by atoms with Gasteiger partial charge in [-0.05, 0) is 37.6 Å². The lowest BCUT2D eigenvalue weighted by Gasteiger charge is -2.14. The Bertz CT molecular complexity index is 128. The van der Waals surface area contributed by atoms with Crippen LogP contribution in [0.2, 0.25) is 0 Å². The van der Waals surface area contributed by atoms with Gasteiger partial charge < -0.3 is 10.0 Å². The van der Waals surface area contributed by atoms with E-state index in [-0.39, 0.29) is 0 Å². The maximum Gasteiger partial charge on any atom is 0.0431 e. The molecular formula is C11H23NO. The van der Waals surface area contributed by atoms with Crippen LogP contribution >= 0.6 is 0 Å². The smallest absolute Gasteiger partial charge is 0.0431 e. The van der Waals surface area contributed by atoms with Gasteiger partial charge in [-0.25, -0.2) is 0 Å². The molecule has 0 aromatic carbocycles. The van der Waals surface area contributed by atoms with E-state index in [0.29, 0.717) is 6.61 Å². The predicted octanol–water partition coefficient (Wildman–Crippen LogP) is 1.74. The normalized spacial score (nSPS) is 29.8. The summed E-state index contributed by atoms with van der Waals surface area (Å²) in [5.41, 5.74) is 0. The molecule has 2 unspecified atom stereocenters. The van der Waals surface area contributed by atoms with E-state index in [1.54, 1.807) is 0 Å². The number of aliphatic hydroxyl groups is 1. The van der Waals surface area contributed by atoms with Gasteiger partial charge in [-0.3, -0.25) is 0 Å². The Balaban J connectivity index is 2.03. The molecule has 1 heterocycles. The zero-order valence-electron chi connectivity index (χ0n) is 9.00. The fourth-order valence-electron chi connectivity index (χ4n) is 2.06. The fraction of sp³-hybridized carbons (Fsp3) is 1.00. The minimum atomic E-state index is 0.354. The van der Waals surface area contributed by atoms with Crippen molar-refractivity contribution in [1.82, 2.24) is 4.90 Å². The summed E-state index contributed by atoms with van der Waals surface area (Å²) in [6.45, 7) is 8.83. The van der Waals surface area contributed by atoms with Crippen LogP contribution in [0.1, 0.15) is 33.1 Å². The summed E-state index contributed by atoms with van der Waals surface area (Å²) < 4.78 is 0. The number of unbranched alkanes of at least 4 members (excludes halogenated alkanes) is 2. The zero-order chi connectivity index (χ0) is 9.68. The first-order valence-corrected chi connectivity index (χ1v) is 5.57. The number of nitrogens with zero attached hydrogens (tertiary/aromatic N) is 1. The maximum atomic E-state index is 8.63. The molecule has 0 aromatic rings. The highest BCUT2D eigenvalue weighted by molar-refractivity contribution is 4.78. The Morgan fingerprint density at radius 2 is 1.69 bits per heavy atom. The summed E-state index contributed by atoms with van der Waals surface area (Å²) in [4.78, 5) is 2.56. The summed E-state index contributed by atoms with van der Waals surface area (Å²) in [5, 5.41) is 8.63. The Morgan fingerprint density at radius 1 is 1.08 bits per heavy atom. The monoisotopic (exact) mass is 185 g/mol. The molecule has 78 valence electrons. The van der Waals surface area contributed by atoms with Gasteiger partial charge in [0.25, 0.3) is 0 Å². The summed E-state index contributed by atoms with van der Waals surface area (Å²) in [5.74, 6) is 1.75. The summed E-state index contributed by atoms with van der Waals surface area (Å²) >= 11 is 0. The molecule has 1 rings (SSSR count). The Hall–Kier alpha value is -0.0800. The van der Waals surface area contributed by atoms with Gasteiger partial charge in [0, 0.05) is 19.7 Å². The third-order valence-electron chi connectivity index (χ3n) is 3.20. The second kappa shape index (κ2) is 5.61. The molecular weight excluding hydrogens is 162 g/mol. The van der Waals surface area contributed by atoms with Crippen LogP contribution in [0.5, 0.6) is 0 Å². The van der Waals surface area contributed by atoms with Crippen LogP contribution < -0.4 is 0 Å². The van der Waals surface area contributed by atoms with Gasteiger partial charge in [-0.2, -0.15) is 0 Å². The highest BCUT2D eigenvalue weighted by Crippen LogP contribution is 2.22. The molecule has 0 aromatic heterocycles.